The topological polar surface area (TPSA) is 42.0 Å². The average Bonchev–Trinajstić information content (AvgIpc) is 2.93. The van der Waals surface area contributed by atoms with Crippen LogP contribution in [0.15, 0.2) is 22.9 Å². The van der Waals surface area contributed by atoms with Gasteiger partial charge in [-0.25, -0.2) is 4.98 Å². The minimum atomic E-state index is 0.0941. The largest absolute Gasteiger partial charge is 0.325 e. The van der Waals surface area contributed by atoms with Gasteiger partial charge in [-0.1, -0.05) is 0 Å². The van der Waals surface area contributed by atoms with E-state index in [9.17, 15) is 4.79 Å². The maximum Gasteiger partial charge on any atom is 0.224 e. The molecule has 1 aliphatic carbocycles. The molecular formula is C10H11BrN2O. The van der Waals surface area contributed by atoms with Crippen LogP contribution in [0.25, 0.3) is 0 Å². The second-order valence-electron chi connectivity index (χ2n) is 3.57. The van der Waals surface area contributed by atoms with Crippen LogP contribution in [-0.2, 0) is 4.79 Å². The maximum atomic E-state index is 11.4. The molecule has 1 aromatic rings. The molecule has 0 aliphatic heterocycles. The fourth-order valence-corrected chi connectivity index (χ4v) is 1.48. The number of aromatic nitrogens is 1. The van der Waals surface area contributed by atoms with Crippen molar-refractivity contribution in [3.63, 3.8) is 0 Å². The predicted octanol–water partition coefficient (Wildman–Crippen LogP) is 2.58. The van der Waals surface area contributed by atoms with Gasteiger partial charge in [0.25, 0.3) is 0 Å². The van der Waals surface area contributed by atoms with Crippen LogP contribution < -0.4 is 5.32 Å². The first-order valence-corrected chi connectivity index (χ1v) is 5.45. The van der Waals surface area contributed by atoms with Gasteiger partial charge in [-0.05, 0) is 46.8 Å². The molecule has 0 saturated heterocycles. The summed E-state index contributed by atoms with van der Waals surface area (Å²) >= 11 is 3.24. The zero-order valence-electron chi connectivity index (χ0n) is 7.66. The number of halogens is 1. The molecule has 1 aliphatic rings. The van der Waals surface area contributed by atoms with E-state index >= 15 is 0 Å². The number of rotatable bonds is 3. The number of nitrogens with one attached hydrogen (secondary N) is 1. The Hall–Kier alpha value is -0.900. The summed E-state index contributed by atoms with van der Waals surface area (Å²) in [5.41, 5.74) is 0.763. The van der Waals surface area contributed by atoms with Crippen molar-refractivity contribution < 1.29 is 4.79 Å². The van der Waals surface area contributed by atoms with Crippen LogP contribution in [0, 0.1) is 5.92 Å². The zero-order valence-corrected chi connectivity index (χ0v) is 9.25. The molecule has 14 heavy (non-hydrogen) atoms. The van der Waals surface area contributed by atoms with E-state index in [1.54, 1.807) is 6.20 Å². The molecule has 1 N–H and O–H groups in total. The fraction of sp³-hybridized carbons (Fsp3) is 0.400. The fourth-order valence-electron chi connectivity index (χ4n) is 1.25. The summed E-state index contributed by atoms with van der Waals surface area (Å²) in [5, 5.41) is 2.82. The van der Waals surface area contributed by atoms with Gasteiger partial charge in [0, 0.05) is 6.42 Å². The Balaban J connectivity index is 1.89. The molecule has 1 heterocycles. The van der Waals surface area contributed by atoms with Crippen molar-refractivity contribution >= 4 is 27.5 Å². The monoisotopic (exact) mass is 254 g/mol. The standard InChI is InChI=1S/C10H11BrN2O/c11-9-4-3-8(6-12-9)13-10(14)5-7-1-2-7/h3-4,6-7H,1-2,5H2,(H,13,14). The Labute approximate surface area is 91.0 Å². The van der Waals surface area contributed by atoms with Gasteiger partial charge in [0.05, 0.1) is 11.9 Å². The van der Waals surface area contributed by atoms with E-state index in [4.69, 9.17) is 0 Å². The van der Waals surface area contributed by atoms with Crippen molar-refractivity contribution in [2.45, 2.75) is 19.3 Å². The van der Waals surface area contributed by atoms with Gasteiger partial charge >= 0.3 is 0 Å². The molecule has 1 fully saturated rings. The quantitative estimate of drug-likeness (QED) is 0.843. The lowest BCUT2D eigenvalue weighted by Gasteiger charge is -2.03. The minimum Gasteiger partial charge on any atom is -0.325 e. The van der Waals surface area contributed by atoms with Gasteiger partial charge in [0.1, 0.15) is 4.60 Å². The third-order valence-corrected chi connectivity index (χ3v) is 2.65. The third kappa shape index (κ3) is 2.80. The van der Waals surface area contributed by atoms with Gasteiger partial charge in [-0.2, -0.15) is 0 Å². The molecule has 0 bridgehead atoms. The van der Waals surface area contributed by atoms with Crippen LogP contribution >= 0.6 is 15.9 Å². The Bertz CT molecular complexity index is 332. The summed E-state index contributed by atoms with van der Waals surface area (Å²) in [6, 6.07) is 3.65. The second-order valence-corrected chi connectivity index (χ2v) is 4.38. The summed E-state index contributed by atoms with van der Waals surface area (Å²) in [6.45, 7) is 0. The van der Waals surface area contributed by atoms with Crippen molar-refractivity contribution in [2.24, 2.45) is 5.92 Å². The summed E-state index contributed by atoms with van der Waals surface area (Å²) < 4.78 is 0.776. The van der Waals surface area contributed by atoms with Crippen LogP contribution in [0.2, 0.25) is 0 Å². The number of amides is 1. The number of carbonyl (C=O) groups excluding carboxylic acids is 1. The van der Waals surface area contributed by atoms with E-state index < -0.39 is 0 Å². The van der Waals surface area contributed by atoms with Crippen LogP contribution in [0.1, 0.15) is 19.3 Å². The molecule has 0 spiro atoms. The van der Waals surface area contributed by atoms with E-state index in [-0.39, 0.29) is 5.91 Å². The third-order valence-electron chi connectivity index (χ3n) is 2.18. The smallest absolute Gasteiger partial charge is 0.224 e. The lowest BCUT2D eigenvalue weighted by Crippen LogP contribution is -2.11. The number of carbonyl (C=O) groups is 1. The molecule has 0 unspecified atom stereocenters. The highest BCUT2D eigenvalue weighted by Gasteiger charge is 2.24. The second kappa shape index (κ2) is 4.09. The average molecular weight is 255 g/mol. The van der Waals surface area contributed by atoms with Gasteiger partial charge in [0.2, 0.25) is 5.91 Å². The van der Waals surface area contributed by atoms with Crippen molar-refractivity contribution in [3.05, 3.63) is 22.9 Å². The van der Waals surface area contributed by atoms with E-state index in [0.29, 0.717) is 12.3 Å². The SMILES string of the molecule is O=C(CC1CC1)Nc1ccc(Br)nc1. The molecule has 74 valence electrons. The van der Waals surface area contributed by atoms with Crippen molar-refractivity contribution in [3.8, 4) is 0 Å². The minimum absolute atomic E-state index is 0.0941. The highest BCUT2D eigenvalue weighted by Crippen LogP contribution is 2.32. The van der Waals surface area contributed by atoms with Crippen molar-refractivity contribution in [1.82, 2.24) is 4.98 Å². The van der Waals surface area contributed by atoms with Gasteiger partial charge in [-0.15, -0.1) is 0 Å². The number of nitrogens with zero attached hydrogens (tertiary/aromatic N) is 1. The van der Waals surface area contributed by atoms with E-state index in [2.05, 4.69) is 26.2 Å². The predicted molar refractivity (Wildman–Crippen MR) is 57.9 cm³/mol. The van der Waals surface area contributed by atoms with Gasteiger partial charge < -0.3 is 5.32 Å². The van der Waals surface area contributed by atoms with Gasteiger partial charge in [-0.3, -0.25) is 4.79 Å². The van der Waals surface area contributed by atoms with Crippen LogP contribution in [0.3, 0.4) is 0 Å². The van der Waals surface area contributed by atoms with Crippen molar-refractivity contribution in [2.75, 3.05) is 5.32 Å². The molecule has 0 atom stereocenters. The highest BCUT2D eigenvalue weighted by molar-refractivity contribution is 9.10. The molecule has 1 saturated carbocycles. The van der Waals surface area contributed by atoms with E-state index in [0.717, 1.165) is 10.3 Å². The summed E-state index contributed by atoms with van der Waals surface area (Å²) in [7, 11) is 0. The van der Waals surface area contributed by atoms with E-state index in [1.807, 2.05) is 12.1 Å². The Kier molecular flexibility index (Phi) is 2.82. The number of hydrogen-bond donors (Lipinski definition) is 1. The Morgan fingerprint density at radius 2 is 2.36 bits per heavy atom. The Morgan fingerprint density at radius 3 is 2.93 bits per heavy atom. The molecule has 2 rings (SSSR count). The first-order chi connectivity index (χ1) is 6.74. The van der Waals surface area contributed by atoms with Gasteiger partial charge in [0.15, 0.2) is 0 Å². The number of hydrogen-bond acceptors (Lipinski definition) is 2. The first kappa shape index (κ1) is 9.65. The lowest BCUT2D eigenvalue weighted by molar-refractivity contribution is -0.116. The van der Waals surface area contributed by atoms with Crippen LogP contribution in [0.4, 0.5) is 5.69 Å². The molecule has 1 aromatic heterocycles. The lowest BCUT2D eigenvalue weighted by atomic mass is 10.3. The summed E-state index contributed by atoms with van der Waals surface area (Å²) in [5.74, 6) is 0.718. The molecular weight excluding hydrogens is 244 g/mol. The summed E-state index contributed by atoms with van der Waals surface area (Å²) in [6.07, 6.45) is 4.70. The maximum absolute atomic E-state index is 11.4. The van der Waals surface area contributed by atoms with Crippen molar-refractivity contribution in [1.29, 1.82) is 0 Å². The molecule has 1 amide bonds. The summed E-state index contributed by atoms with van der Waals surface area (Å²) in [4.78, 5) is 15.4. The number of anilines is 1. The van der Waals surface area contributed by atoms with E-state index in [1.165, 1.54) is 12.8 Å². The first-order valence-electron chi connectivity index (χ1n) is 4.65. The Morgan fingerprint density at radius 1 is 1.57 bits per heavy atom. The van der Waals surface area contributed by atoms with Crippen LogP contribution in [0.5, 0.6) is 0 Å². The molecule has 4 heteroatoms. The molecule has 0 aromatic carbocycles. The number of pyridine rings is 1. The normalized spacial score (nSPS) is 15.2. The van der Waals surface area contributed by atoms with Crippen LogP contribution in [-0.4, -0.2) is 10.9 Å². The molecule has 0 radical (unpaired) electrons. The zero-order chi connectivity index (χ0) is 9.97. The molecule has 3 nitrogen and oxygen atoms in total. The highest BCUT2D eigenvalue weighted by atomic mass is 79.9.